The molecule has 0 aromatic heterocycles. The monoisotopic (exact) mass is 508 g/mol. The molecule has 0 saturated carbocycles. The van der Waals surface area contributed by atoms with Crippen molar-refractivity contribution in [3.05, 3.63) is 61.6 Å². The topological polar surface area (TPSA) is 9.23 Å². The standard InChI is InChI=1S/C16H15Br2IO/c1-10(2)20-13-6-3-11(4-7-13)16(18)14-9-12(19)5-8-15(14)17/h3-10,16H,1-2H3. The molecule has 0 aliphatic rings. The van der Waals surface area contributed by atoms with Crippen molar-refractivity contribution in [2.45, 2.75) is 24.8 Å². The van der Waals surface area contributed by atoms with Crippen molar-refractivity contribution in [3.8, 4) is 5.75 Å². The molecule has 2 aromatic carbocycles. The molecule has 0 saturated heterocycles. The van der Waals surface area contributed by atoms with Gasteiger partial charge in [-0.3, -0.25) is 0 Å². The van der Waals surface area contributed by atoms with Gasteiger partial charge in [-0.1, -0.05) is 44.0 Å². The number of rotatable bonds is 4. The summed E-state index contributed by atoms with van der Waals surface area (Å²) in [5.74, 6) is 0.908. The molecule has 106 valence electrons. The highest BCUT2D eigenvalue weighted by Gasteiger charge is 2.14. The second-order valence-electron chi connectivity index (χ2n) is 4.76. The van der Waals surface area contributed by atoms with Gasteiger partial charge in [-0.25, -0.2) is 0 Å². The summed E-state index contributed by atoms with van der Waals surface area (Å²) in [5, 5.41) is 0. The number of alkyl halides is 1. The van der Waals surface area contributed by atoms with E-state index in [0.29, 0.717) is 0 Å². The maximum atomic E-state index is 5.67. The Hall–Kier alpha value is -0.0700. The van der Waals surface area contributed by atoms with Gasteiger partial charge in [0.25, 0.3) is 0 Å². The first-order chi connectivity index (χ1) is 9.47. The molecule has 0 fully saturated rings. The summed E-state index contributed by atoms with van der Waals surface area (Å²) in [4.78, 5) is 0.166. The van der Waals surface area contributed by atoms with Gasteiger partial charge < -0.3 is 4.74 Å². The highest BCUT2D eigenvalue weighted by molar-refractivity contribution is 14.1. The molecule has 1 unspecified atom stereocenters. The molecule has 0 bridgehead atoms. The van der Waals surface area contributed by atoms with Gasteiger partial charge >= 0.3 is 0 Å². The van der Waals surface area contributed by atoms with Crippen molar-refractivity contribution in [2.24, 2.45) is 0 Å². The number of hydrogen-bond donors (Lipinski definition) is 0. The summed E-state index contributed by atoms with van der Waals surface area (Å²) in [6, 6.07) is 14.6. The van der Waals surface area contributed by atoms with Crippen LogP contribution in [-0.2, 0) is 0 Å². The third-order valence-corrected chi connectivity index (χ3v) is 5.19. The molecule has 2 aromatic rings. The molecule has 0 aliphatic carbocycles. The molecular weight excluding hydrogens is 495 g/mol. The van der Waals surface area contributed by atoms with Gasteiger partial charge in [0.1, 0.15) is 5.75 Å². The van der Waals surface area contributed by atoms with Crippen LogP contribution in [0.25, 0.3) is 0 Å². The van der Waals surface area contributed by atoms with Crippen molar-refractivity contribution in [3.63, 3.8) is 0 Å². The summed E-state index contributed by atoms with van der Waals surface area (Å²) >= 11 is 9.73. The average Bonchev–Trinajstić information content (AvgIpc) is 2.41. The van der Waals surface area contributed by atoms with Crippen LogP contribution in [0.1, 0.15) is 29.8 Å². The molecule has 4 heteroatoms. The van der Waals surface area contributed by atoms with Crippen molar-refractivity contribution < 1.29 is 4.74 Å². The van der Waals surface area contributed by atoms with E-state index in [1.807, 2.05) is 26.0 Å². The number of hydrogen-bond acceptors (Lipinski definition) is 1. The lowest BCUT2D eigenvalue weighted by molar-refractivity contribution is 0.242. The highest BCUT2D eigenvalue weighted by atomic mass is 127. The van der Waals surface area contributed by atoms with Crippen molar-refractivity contribution in [2.75, 3.05) is 0 Å². The van der Waals surface area contributed by atoms with Gasteiger partial charge in [-0.05, 0) is 77.9 Å². The van der Waals surface area contributed by atoms with Crippen LogP contribution in [-0.4, -0.2) is 6.10 Å². The molecule has 0 aliphatic heterocycles. The van der Waals surface area contributed by atoms with E-state index in [0.717, 1.165) is 10.2 Å². The molecule has 0 spiro atoms. The number of ether oxygens (including phenoxy) is 1. The van der Waals surface area contributed by atoms with Crippen LogP contribution < -0.4 is 4.74 Å². The van der Waals surface area contributed by atoms with Crippen LogP contribution in [0.15, 0.2) is 46.9 Å². The molecule has 0 N–H and O–H groups in total. The molecule has 1 atom stereocenters. The molecule has 1 nitrogen and oxygen atoms in total. The fraction of sp³-hybridized carbons (Fsp3) is 0.250. The minimum absolute atomic E-state index is 0.166. The summed E-state index contributed by atoms with van der Waals surface area (Å²) in [6.45, 7) is 4.06. The first-order valence-electron chi connectivity index (χ1n) is 6.33. The van der Waals surface area contributed by atoms with E-state index in [1.165, 1.54) is 14.7 Å². The van der Waals surface area contributed by atoms with E-state index in [1.54, 1.807) is 0 Å². The Bertz CT molecular complexity index is 582. The Kier molecular flexibility index (Phi) is 5.93. The lowest BCUT2D eigenvalue weighted by atomic mass is 10.0. The fourth-order valence-electron chi connectivity index (χ4n) is 1.88. The maximum Gasteiger partial charge on any atom is 0.119 e. The largest absolute Gasteiger partial charge is 0.491 e. The van der Waals surface area contributed by atoms with E-state index in [9.17, 15) is 0 Å². The van der Waals surface area contributed by atoms with Gasteiger partial charge in [0.05, 0.1) is 10.9 Å². The molecule has 2 rings (SSSR count). The maximum absolute atomic E-state index is 5.67. The van der Waals surface area contributed by atoms with Crippen LogP contribution in [0.4, 0.5) is 0 Å². The Balaban J connectivity index is 2.24. The van der Waals surface area contributed by atoms with Crippen LogP contribution in [0.5, 0.6) is 5.75 Å². The summed E-state index contributed by atoms with van der Waals surface area (Å²) in [5.41, 5.74) is 2.44. The van der Waals surface area contributed by atoms with Gasteiger partial charge in [-0.15, -0.1) is 0 Å². The Morgan fingerprint density at radius 1 is 1.05 bits per heavy atom. The van der Waals surface area contributed by atoms with Gasteiger partial charge in [0.15, 0.2) is 0 Å². The Labute approximate surface area is 150 Å². The van der Waals surface area contributed by atoms with Crippen LogP contribution in [0.2, 0.25) is 0 Å². The van der Waals surface area contributed by atoms with E-state index in [4.69, 9.17) is 4.74 Å². The molecule has 0 amide bonds. The summed E-state index contributed by atoms with van der Waals surface area (Å²) in [6.07, 6.45) is 0.200. The Morgan fingerprint density at radius 2 is 1.70 bits per heavy atom. The molecular formula is C16H15Br2IO. The van der Waals surface area contributed by atoms with E-state index in [-0.39, 0.29) is 10.9 Å². The second-order valence-corrected chi connectivity index (χ2v) is 7.78. The molecule has 0 radical (unpaired) electrons. The van der Waals surface area contributed by atoms with Crippen molar-refractivity contribution in [1.82, 2.24) is 0 Å². The predicted octanol–water partition coefficient (Wildman–Crippen LogP) is 6.33. The van der Waals surface area contributed by atoms with Gasteiger partial charge in [-0.2, -0.15) is 0 Å². The summed E-state index contributed by atoms with van der Waals surface area (Å²) in [7, 11) is 0. The van der Waals surface area contributed by atoms with Crippen LogP contribution in [0.3, 0.4) is 0 Å². The van der Waals surface area contributed by atoms with Crippen molar-refractivity contribution >= 4 is 54.5 Å². The first-order valence-corrected chi connectivity index (χ1v) is 9.11. The summed E-state index contributed by atoms with van der Waals surface area (Å²) < 4.78 is 8.01. The Morgan fingerprint density at radius 3 is 2.30 bits per heavy atom. The van der Waals surface area contributed by atoms with E-state index in [2.05, 4.69) is 84.8 Å². The number of benzene rings is 2. The number of halogens is 3. The molecule has 0 heterocycles. The zero-order valence-corrected chi connectivity index (χ0v) is 16.6. The third kappa shape index (κ3) is 4.21. The lowest BCUT2D eigenvalue weighted by Crippen LogP contribution is -2.05. The normalized spacial score (nSPS) is 12.5. The minimum Gasteiger partial charge on any atom is -0.491 e. The molecule has 20 heavy (non-hydrogen) atoms. The van der Waals surface area contributed by atoms with Gasteiger partial charge in [0.2, 0.25) is 0 Å². The second kappa shape index (κ2) is 7.27. The quantitative estimate of drug-likeness (QED) is 0.346. The lowest BCUT2D eigenvalue weighted by Gasteiger charge is -2.15. The minimum atomic E-state index is 0.166. The van der Waals surface area contributed by atoms with E-state index < -0.39 is 0 Å². The first kappa shape index (κ1) is 16.3. The fourth-order valence-corrected chi connectivity index (χ4v) is 3.86. The zero-order valence-electron chi connectivity index (χ0n) is 11.2. The van der Waals surface area contributed by atoms with Crippen LogP contribution >= 0.6 is 54.5 Å². The van der Waals surface area contributed by atoms with Crippen molar-refractivity contribution in [1.29, 1.82) is 0 Å². The van der Waals surface area contributed by atoms with Gasteiger partial charge in [0, 0.05) is 8.04 Å². The smallest absolute Gasteiger partial charge is 0.119 e. The zero-order chi connectivity index (χ0) is 14.7. The predicted molar refractivity (Wildman–Crippen MR) is 99.8 cm³/mol. The van der Waals surface area contributed by atoms with E-state index >= 15 is 0 Å². The van der Waals surface area contributed by atoms with Crippen LogP contribution in [0, 0.1) is 3.57 Å². The third-order valence-electron chi connectivity index (χ3n) is 2.78. The highest BCUT2D eigenvalue weighted by Crippen LogP contribution is 2.36. The SMILES string of the molecule is CC(C)Oc1ccc(C(Br)c2cc(I)ccc2Br)cc1. The average molecular weight is 510 g/mol.